The van der Waals surface area contributed by atoms with E-state index in [-0.39, 0.29) is 18.9 Å². The van der Waals surface area contributed by atoms with Crippen LogP contribution in [0.4, 0.5) is 0 Å². The van der Waals surface area contributed by atoms with Crippen molar-refractivity contribution in [1.29, 1.82) is 0 Å². The van der Waals surface area contributed by atoms with Crippen molar-refractivity contribution < 1.29 is 23.7 Å². The predicted octanol–water partition coefficient (Wildman–Crippen LogP) is -0.474. The van der Waals surface area contributed by atoms with Crippen molar-refractivity contribution in [2.24, 2.45) is 0 Å². The molecule has 0 aliphatic rings. The molecule has 0 aliphatic carbocycles. The molecule has 68 valence electrons. The van der Waals surface area contributed by atoms with Gasteiger partial charge in [0.25, 0.3) is 0 Å². The number of hydrogen-bond donors (Lipinski definition) is 0. The molecule has 0 heterocycles. The smallest absolute Gasteiger partial charge is 0.858 e. The maximum Gasteiger partial charge on any atom is 1.00 e. The molecule has 0 saturated carbocycles. The summed E-state index contributed by atoms with van der Waals surface area (Å²) >= 11 is 0. The Hall–Kier alpha value is 0.774. The van der Waals surface area contributed by atoms with E-state index in [0.29, 0.717) is 0 Å². The fourth-order valence-electron chi connectivity index (χ4n) is 1.74. The quantitative estimate of drug-likeness (QED) is 0.507. The summed E-state index contributed by atoms with van der Waals surface area (Å²) in [4.78, 5) is 12.0. The van der Waals surface area contributed by atoms with E-state index in [1.54, 1.807) is 0 Å². The summed E-state index contributed by atoms with van der Waals surface area (Å²) in [6.45, 7) is 6.39. The molecule has 0 radical (unpaired) electrons. The van der Waals surface area contributed by atoms with Gasteiger partial charge in [-0.05, 0) is 8.32 Å². The first kappa shape index (κ1) is 15.3. The second kappa shape index (κ2) is 8.38. The first-order chi connectivity index (χ1) is 5.18. The van der Waals surface area contributed by atoms with Gasteiger partial charge in [-0.25, -0.2) is 0 Å². The first-order valence-electron chi connectivity index (χ1n) is 4.89. The molecule has 0 aromatic heterocycles. The maximum absolute atomic E-state index is 12.0. The molecule has 0 bridgehead atoms. The fourth-order valence-corrected chi connectivity index (χ4v) is 5.23. The van der Waals surface area contributed by atoms with Crippen molar-refractivity contribution in [2.45, 2.75) is 58.2 Å². The van der Waals surface area contributed by atoms with Gasteiger partial charge in [-0.15, -0.1) is 0 Å². The third-order valence-electron chi connectivity index (χ3n) is 2.12. The summed E-state index contributed by atoms with van der Waals surface area (Å²) in [5.41, 5.74) is 0. The average Bonchev–Trinajstić information content (AvgIpc) is 1.88. The van der Waals surface area contributed by atoms with Crippen LogP contribution in [-0.2, 0) is 0 Å². The Balaban J connectivity index is 0. The van der Waals surface area contributed by atoms with Crippen LogP contribution in [0.5, 0.6) is 0 Å². The molecule has 0 aromatic carbocycles. The van der Waals surface area contributed by atoms with Crippen molar-refractivity contribution in [3.05, 3.63) is 0 Å². The van der Waals surface area contributed by atoms with E-state index in [1.165, 1.54) is 0 Å². The monoisotopic (exact) mass is 180 g/mol. The minimum absolute atomic E-state index is 0. The molecule has 0 saturated heterocycles. The van der Waals surface area contributed by atoms with E-state index in [2.05, 4.69) is 20.8 Å². The molecule has 0 amide bonds. The molecule has 1 nitrogen and oxygen atoms in total. The first-order valence-corrected chi connectivity index (χ1v) is 7.42. The van der Waals surface area contributed by atoms with E-state index in [0.717, 1.165) is 37.4 Å². The fraction of sp³-hybridized carbons (Fsp3) is 1.00. The van der Waals surface area contributed by atoms with Gasteiger partial charge in [0.1, 0.15) is 0 Å². The van der Waals surface area contributed by atoms with Gasteiger partial charge in [0, 0.05) is 0 Å². The minimum Gasteiger partial charge on any atom is -0.858 e. The van der Waals surface area contributed by atoms with Crippen LogP contribution < -0.4 is 23.7 Å². The Morgan fingerprint density at radius 1 is 0.833 bits per heavy atom. The zero-order valence-electron chi connectivity index (χ0n) is 9.15. The SMILES string of the molecule is CCC[Si]([O-])(CCC)CCC.[Li+]. The second-order valence-electron chi connectivity index (χ2n) is 3.43. The Bertz CT molecular complexity index is 81.5. The summed E-state index contributed by atoms with van der Waals surface area (Å²) in [6.07, 6.45) is 3.28. The molecular formula is C9H21LiOSi. The van der Waals surface area contributed by atoms with Gasteiger partial charge in [0.2, 0.25) is 0 Å². The zero-order chi connectivity index (χ0) is 8.74. The Labute approximate surface area is 90.3 Å². The summed E-state index contributed by atoms with van der Waals surface area (Å²) in [5, 5.41) is 0. The van der Waals surface area contributed by atoms with Gasteiger partial charge in [0.05, 0.1) is 0 Å². The molecule has 0 unspecified atom stereocenters. The van der Waals surface area contributed by atoms with Crippen LogP contribution >= 0.6 is 0 Å². The standard InChI is InChI=1S/C9H21OSi.Li/c1-4-7-11(10,8-5-2)9-6-3;/h4-9H2,1-3H3;/q-1;+1. The molecule has 0 aliphatic heterocycles. The molecule has 0 spiro atoms. The number of hydrogen-bond acceptors (Lipinski definition) is 1. The van der Waals surface area contributed by atoms with Gasteiger partial charge in [-0.1, -0.05) is 58.2 Å². The molecule has 0 rings (SSSR count). The molecule has 0 aromatic rings. The van der Waals surface area contributed by atoms with E-state index < -0.39 is 8.32 Å². The third kappa shape index (κ3) is 6.31. The van der Waals surface area contributed by atoms with Crippen LogP contribution in [0.3, 0.4) is 0 Å². The maximum atomic E-state index is 12.0. The summed E-state index contributed by atoms with van der Waals surface area (Å²) < 4.78 is 0. The molecule has 0 N–H and O–H groups in total. The van der Waals surface area contributed by atoms with Gasteiger partial charge >= 0.3 is 18.9 Å². The van der Waals surface area contributed by atoms with Crippen molar-refractivity contribution in [1.82, 2.24) is 0 Å². The van der Waals surface area contributed by atoms with Gasteiger partial charge in [-0.3, -0.25) is 0 Å². The molecule has 12 heavy (non-hydrogen) atoms. The topological polar surface area (TPSA) is 23.1 Å². The van der Waals surface area contributed by atoms with Crippen molar-refractivity contribution in [3.63, 3.8) is 0 Å². The normalized spacial score (nSPS) is 11.0. The number of rotatable bonds is 6. The molecular weight excluding hydrogens is 159 g/mol. The van der Waals surface area contributed by atoms with Crippen LogP contribution in [-0.4, -0.2) is 8.32 Å². The summed E-state index contributed by atoms with van der Waals surface area (Å²) in [7, 11) is -2.00. The molecule has 0 atom stereocenters. The Kier molecular flexibility index (Phi) is 10.6. The second-order valence-corrected chi connectivity index (χ2v) is 7.30. The molecule has 0 fully saturated rings. The van der Waals surface area contributed by atoms with Gasteiger partial charge in [-0.2, -0.15) is 0 Å². The average molecular weight is 180 g/mol. The van der Waals surface area contributed by atoms with Crippen LogP contribution in [0.25, 0.3) is 0 Å². The van der Waals surface area contributed by atoms with E-state index in [4.69, 9.17) is 0 Å². The van der Waals surface area contributed by atoms with Crippen molar-refractivity contribution in [3.8, 4) is 0 Å². The van der Waals surface area contributed by atoms with Crippen molar-refractivity contribution >= 4 is 8.32 Å². The Morgan fingerprint density at radius 3 is 1.25 bits per heavy atom. The van der Waals surface area contributed by atoms with E-state index in [1.807, 2.05) is 0 Å². The predicted molar refractivity (Wildman–Crippen MR) is 51.0 cm³/mol. The third-order valence-corrected chi connectivity index (χ3v) is 6.35. The largest absolute Gasteiger partial charge is 1.00 e. The van der Waals surface area contributed by atoms with Crippen LogP contribution in [0, 0.1) is 0 Å². The zero-order valence-corrected chi connectivity index (χ0v) is 10.2. The Morgan fingerprint density at radius 2 is 1.08 bits per heavy atom. The van der Waals surface area contributed by atoms with Crippen LogP contribution in [0.1, 0.15) is 40.0 Å². The van der Waals surface area contributed by atoms with E-state index >= 15 is 0 Å². The van der Waals surface area contributed by atoms with Crippen molar-refractivity contribution in [2.75, 3.05) is 0 Å². The summed E-state index contributed by atoms with van der Waals surface area (Å²) in [6, 6.07) is 2.98. The van der Waals surface area contributed by atoms with Gasteiger partial charge < -0.3 is 4.80 Å². The molecule has 3 heteroatoms. The van der Waals surface area contributed by atoms with E-state index in [9.17, 15) is 4.80 Å². The van der Waals surface area contributed by atoms with Crippen LogP contribution in [0.15, 0.2) is 0 Å². The summed E-state index contributed by atoms with van der Waals surface area (Å²) in [5.74, 6) is 0. The van der Waals surface area contributed by atoms with Gasteiger partial charge in [0.15, 0.2) is 0 Å². The minimum atomic E-state index is -2.00. The van der Waals surface area contributed by atoms with Crippen LogP contribution in [0.2, 0.25) is 18.1 Å².